The summed E-state index contributed by atoms with van der Waals surface area (Å²) in [5.74, 6) is 1.16. The Morgan fingerprint density at radius 2 is 2.00 bits per heavy atom. The third kappa shape index (κ3) is 7.98. The van der Waals surface area contributed by atoms with E-state index in [1.54, 1.807) is 4.90 Å². The second-order valence-corrected chi connectivity index (χ2v) is 7.36. The van der Waals surface area contributed by atoms with Gasteiger partial charge in [0.1, 0.15) is 0 Å². The molecule has 1 fully saturated rings. The standard InChI is InChI=1S/C10H21N3O3S2.ClH/c1-18(15,16)12-4-7-17-8-9(11)10(14)13-5-2-3-6-13;/h9,12H,2-8,11H2,1H3;1H. The summed E-state index contributed by atoms with van der Waals surface area (Å²) in [5, 5.41) is 0. The lowest BCUT2D eigenvalue weighted by molar-refractivity contribution is -0.130. The molecule has 1 amide bonds. The van der Waals surface area contributed by atoms with E-state index in [0.717, 1.165) is 32.2 Å². The number of halogens is 1. The number of nitrogens with two attached hydrogens (primary N) is 1. The molecule has 19 heavy (non-hydrogen) atoms. The zero-order valence-electron chi connectivity index (χ0n) is 11.0. The summed E-state index contributed by atoms with van der Waals surface area (Å²) in [6.45, 7) is 1.99. The Kier molecular flexibility index (Phi) is 9.01. The van der Waals surface area contributed by atoms with Crippen LogP contribution >= 0.6 is 24.2 Å². The van der Waals surface area contributed by atoms with Gasteiger partial charge < -0.3 is 10.6 Å². The third-order valence-electron chi connectivity index (χ3n) is 2.64. The van der Waals surface area contributed by atoms with Crippen LogP contribution in [0.25, 0.3) is 0 Å². The molecule has 1 rings (SSSR count). The summed E-state index contributed by atoms with van der Waals surface area (Å²) < 4.78 is 24.0. The molecule has 1 unspecified atom stereocenters. The molecule has 9 heteroatoms. The number of thioether (sulfide) groups is 1. The van der Waals surface area contributed by atoms with Crippen molar-refractivity contribution >= 4 is 40.1 Å². The largest absolute Gasteiger partial charge is 0.341 e. The van der Waals surface area contributed by atoms with Crippen LogP contribution in [0.1, 0.15) is 12.8 Å². The van der Waals surface area contributed by atoms with E-state index in [1.165, 1.54) is 11.8 Å². The van der Waals surface area contributed by atoms with Gasteiger partial charge in [0.25, 0.3) is 0 Å². The Morgan fingerprint density at radius 1 is 1.42 bits per heavy atom. The van der Waals surface area contributed by atoms with Gasteiger partial charge in [-0.05, 0) is 12.8 Å². The smallest absolute Gasteiger partial charge is 0.240 e. The molecule has 6 nitrogen and oxygen atoms in total. The fourth-order valence-electron chi connectivity index (χ4n) is 1.75. The quantitative estimate of drug-likeness (QED) is 0.622. The molecule has 0 aromatic carbocycles. The molecule has 0 aromatic rings. The number of carbonyl (C=O) groups is 1. The van der Waals surface area contributed by atoms with Gasteiger partial charge in [0, 0.05) is 31.1 Å². The normalized spacial score (nSPS) is 17.1. The van der Waals surface area contributed by atoms with Crippen LogP contribution in [0.2, 0.25) is 0 Å². The van der Waals surface area contributed by atoms with Crippen molar-refractivity contribution in [1.29, 1.82) is 0 Å². The van der Waals surface area contributed by atoms with Crippen LogP contribution in [0.3, 0.4) is 0 Å². The maximum absolute atomic E-state index is 11.8. The summed E-state index contributed by atoms with van der Waals surface area (Å²) in [4.78, 5) is 13.6. The zero-order chi connectivity index (χ0) is 13.6. The van der Waals surface area contributed by atoms with Crippen molar-refractivity contribution in [3.05, 3.63) is 0 Å². The lowest BCUT2D eigenvalue weighted by atomic mass is 10.3. The van der Waals surface area contributed by atoms with Gasteiger partial charge in [0.2, 0.25) is 15.9 Å². The van der Waals surface area contributed by atoms with Gasteiger partial charge in [-0.3, -0.25) is 4.79 Å². The average Bonchev–Trinajstić information content (AvgIpc) is 2.79. The van der Waals surface area contributed by atoms with Gasteiger partial charge in [-0.15, -0.1) is 12.4 Å². The number of nitrogens with zero attached hydrogens (tertiary/aromatic N) is 1. The maximum Gasteiger partial charge on any atom is 0.240 e. The highest BCUT2D eigenvalue weighted by Gasteiger charge is 2.23. The Bertz CT molecular complexity index is 372. The Labute approximate surface area is 125 Å². The Hall–Kier alpha value is -0.0200. The molecular formula is C10H22ClN3O3S2. The van der Waals surface area contributed by atoms with Gasteiger partial charge in [0.05, 0.1) is 12.3 Å². The highest BCUT2D eigenvalue weighted by atomic mass is 35.5. The lowest BCUT2D eigenvalue weighted by Gasteiger charge is -2.19. The molecular weight excluding hydrogens is 310 g/mol. The molecule has 1 heterocycles. The highest BCUT2D eigenvalue weighted by Crippen LogP contribution is 2.10. The molecule has 0 aromatic heterocycles. The number of amides is 1. The molecule has 0 aliphatic carbocycles. The van der Waals surface area contributed by atoms with Gasteiger partial charge in [-0.2, -0.15) is 11.8 Å². The van der Waals surface area contributed by atoms with E-state index in [1.807, 2.05) is 0 Å². The van der Waals surface area contributed by atoms with Crippen molar-refractivity contribution in [2.75, 3.05) is 37.4 Å². The van der Waals surface area contributed by atoms with Crippen molar-refractivity contribution in [2.24, 2.45) is 5.73 Å². The fourth-order valence-corrected chi connectivity index (χ4v) is 3.16. The van der Waals surface area contributed by atoms with Crippen molar-refractivity contribution < 1.29 is 13.2 Å². The van der Waals surface area contributed by atoms with E-state index >= 15 is 0 Å². The summed E-state index contributed by atoms with van der Waals surface area (Å²) >= 11 is 1.49. The predicted molar refractivity (Wildman–Crippen MR) is 81.2 cm³/mol. The SMILES string of the molecule is CS(=O)(=O)NCCSCC(N)C(=O)N1CCCC1.Cl. The van der Waals surface area contributed by atoms with E-state index in [9.17, 15) is 13.2 Å². The number of hydrogen-bond donors (Lipinski definition) is 2. The molecule has 3 N–H and O–H groups in total. The van der Waals surface area contributed by atoms with Crippen molar-refractivity contribution in [3.63, 3.8) is 0 Å². The number of likely N-dealkylation sites (tertiary alicyclic amines) is 1. The molecule has 1 atom stereocenters. The number of rotatable bonds is 7. The van der Waals surface area contributed by atoms with Crippen molar-refractivity contribution in [1.82, 2.24) is 9.62 Å². The van der Waals surface area contributed by atoms with E-state index in [-0.39, 0.29) is 18.3 Å². The zero-order valence-corrected chi connectivity index (χ0v) is 13.5. The van der Waals surface area contributed by atoms with Crippen LogP contribution in [0, 0.1) is 0 Å². The second-order valence-electron chi connectivity index (χ2n) is 4.38. The first-order chi connectivity index (χ1) is 8.40. The number of carbonyl (C=O) groups excluding carboxylic acids is 1. The molecule has 0 bridgehead atoms. The summed E-state index contributed by atoms with van der Waals surface area (Å²) in [5.41, 5.74) is 5.81. The van der Waals surface area contributed by atoms with Gasteiger partial charge in [0.15, 0.2) is 0 Å². The minimum Gasteiger partial charge on any atom is -0.341 e. The van der Waals surface area contributed by atoms with E-state index < -0.39 is 16.1 Å². The average molecular weight is 332 g/mol. The molecule has 114 valence electrons. The Balaban J connectivity index is 0.00000324. The first-order valence-electron chi connectivity index (χ1n) is 5.97. The van der Waals surface area contributed by atoms with Crippen LogP contribution < -0.4 is 10.5 Å². The molecule has 0 spiro atoms. The van der Waals surface area contributed by atoms with Crippen LogP contribution in [0.4, 0.5) is 0 Å². The summed E-state index contributed by atoms with van der Waals surface area (Å²) in [6.07, 6.45) is 3.24. The molecule has 0 saturated carbocycles. The van der Waals surface area contributed by atoms with Crippen molar-refractivity contribution in [2.45, 2.75) is 18.9 Å². The molecule has 1 aliphatic rings. The van der Waals surface area contributed by atoms with Crippen LogP contribution in [0.5, 0.6) is 0 Å². The Morgan fingerprint density at radius 3 is 2.53 bits per heavy atom. The molecule has 0 radical (unpaired) electrons. The van der Waals surface area contributed by atoms with Crippen molar-refractivity contribution in [3.8, 4) is 0 Å². The molecule has 1 aliphatic heterocycles. The van der Waals surface area contributed by atoms with Crippen LogP contribution in [-0.2, 0) is 14.8 Å². The van der Waals surface area contributed by atoms with E-state index in [2.05, 4.69) is 4.72 Å². The number of hydrogen-bond acceptors (Lipinski definition) is 5. The van der Waals surface area contributed by atoms with Crippen LogP contribution in [-0.4, -0.2) is 62.7 Å². The van der Waals surface area contributed by atoms with E-state index in [0.29, 0.717) is 18.1 Å². The molecule has 1 saturated heterocycles. The monoisotopic (exact) mass is 331 g/mol. The second kappa shape index (κ2) is 9.02. The summed E-state index contributed by atoms with van der Waals surface area (Å²) in [6, 6.07) is -0.480. The van der Waals surface area contributed by atoms with Gasteiger partial charge >= 0.3 is 0 Å². The minimum absolute atomic E-state index is 0. The maximum atomic E-state index is 11.8. The van der Waals surface area contributed by atoms with Crippen LogP contribution in [0.15, 0.2) is 0 Å². The van der Waals surface area contributed by atoms with E-state index in [4.69, 9.17) is 5.73 Å². The first kappa shape index (κ1) is 19.0. The number of nitrogens with one attached hydrogen (secondary N) is 1. The highest BCUT2D eigenvalue weighted by molar-refractivity contribution is 7.99. The topological polar surface area (TPSA) is 92.5 Å². The fraction of sp³-hybridized carbons (Fsp3) is 0.900. The van der Waals surface area contributed by atoms with Gasteiger partial charge in [-0.25, -0.2) is 13.1 Å². The minimum atomic E-state index is -3.12. The lowest BCUT2D eigenvalue weighted by Crippen LogP contribution is -2.44. The first-order valence-corrected chi connectivity index (χ1v) is 9.01. The van der Waals surface area contributed by atoms with Gasteiger partial charge in [-0.1, -0.05) is 0 Å². The summed E-state index contributed by atoms with van der Waals surface area (Å²) in [7, 11) is -3.12. The predicted octanol–water partition coefficient (Wildman–Crippen LogP) is -0.360. The number of sulfonamides is 1. The third-order valence-corrected chi connectivity index (χ3v) is 4.46.